The summed E-state index contributed by atoms with van der Waals surface area (Å²) >= 11 is 0. The SMILES string of the molecule is N#C/C(=C\c1cccc(-c2ccc(CC(=O)O)cc2)n1)C(=O)NC1(c2ccccc2)CCCC1. The summed E-state index contributed by atoms with van der Waals surface area (Å²) in [6.45, 7) is 0. The van der Waals surface area contributed by atoms with E-state index in [1.807, 2.05) is 60.7 Å². The number of nitrogens with zero attached hydrogens (tertiary/aromatic N) is 2. The van der Waals surface area contributed by atoms with Crippen molar-refractivity contribution in [3.05, 3.63) is 95.2 Å². The summed E-state index contributed by atoms with van der Waals surface area (Å²) in [5.74, 6) is -1.29. The van der Waals surface area contributed by atoms with Gasteiger partial charge in [-0.15, -0.1) is 0 Å². The summed E-state index contributed by atoms with van der Waals surface area (Å²) in [5, 5.41) is 21.8. The molecule has 3 aromatic rings. The van der Waals surface area contributed by atoms with Crippen LogP contribution in [0.1, 0.15) is 42.5 Å². The van der Waals surface area contributed by atoms with Crippen LogP contribution in [0, 0.1) is 11.3 Å². The van der Waals surface area contributed by atoms with E-state index >= 15 is 0 Å². The van der Waals surface area contributed by atoms with Gasteiger partial charge in [0.25, 0.3) is 5.91 Å². The van der Waals surface area contributed by atoms with Gasteiger partial charge in [0, 0.05) is 5.56 Å². The maximum atomic E-state index is 13.1. The molecule has 2 aromatic carbocycles. The highest BCUT2D eigenvalue weighted by molar-refractivity contribution is 6.02. The third-order valence-corrected chi connectivity index (χ3v) is 6.17. The maximum absolute atomic E-state index is 13.1. The van der Waals surface area contributed by atoms with Crippen LogP contribution in [0.3, 0.4) is 0 Å². The highest BCUT2D eigenvalue weighted by atomic mass is 16.4. The van der Waals surface area contributed by atoms with Crippen molar-refractivity contribution >= 4 is 18.0 Å². The summed E-state index contributed by atoms with van der Waals surface area (Å²) in [6, 6.07) is 24.5. The first-order valence-electron chi connectivity index (χ1n) is 11.3. The van der Waals surface area contributed by atoms with Crippen molar-refractivity contribution in [2.45, 2.75) is 37.6 Å². The Balaban J connectivity index is 1.56. The second kappa shape index (κ2) is 10.1. The lowest BCUT2D eigenvalue weighted by Gasteiger charge is -2.31. The fourth-order valence-corrected chi connectivity index (χ4v) is 4.46. The molecule has 6 heteroatoms. The van der Waals surface area contributed by atoms with Gasteiger partial charge in [0.1, 0.15) is 11.6 Å². The topological polar surface area (TPSA) is 103 Å². The smallest absolute Gasteiger partial charge is 0.307 e. The molecule has 0 bridgehead atoms. The Morgan fingerprint density at radius 2 is 1.71 bits per heavy atom. The number of rotatable bonds is 7. The van der Waals surface area contributed by atoms with Crippen molar-refractivity contribution in [2.75, 3.05) is 0 Å². The molecule has 1 aromatic heterocycles. The fourth-order valence-electron chi connectivity index (χ4n) is 4.46. The van der Waals surface area contributed by atoms with Crippen molar-refractivity contribution in [1.29, 1.82) is 5.26 Å². The number of hydrogen-bond acceptors (Lipinski definition) is 4. The van der Waals surface area contributed by atoms with Gasteiger partial charge in [0.2, 0.25) is 0 Å². The molecule has 34 heavy (non-hydrogen) atoms. The van der Waals surface area contributed by atoms with E-state index in [-0.39, 0.29) is 12.0 Å². The van der Waals surface area contributed by atoms with Crippen LogP contribution in [-0.4, -0.2) is 22.0 Å². The number of carboxylic acid groups (broad SMARTS) is 1. The Bertz CT molecular complexity index is 1250. The molecule has 0 aliphatic heterocycles. The Labute approximate surface area is 198 Å². The number of aromatic nitrogens is 1. The number of carbonyl (C=O) groups is 2. The van der Waals surface area contributed by atoms with Gasteiger partial charge in [-0.05, 0) is 42.2 Å². The Kier molecular flexibility index (Phi) is 6.84. The predicted molar refractivity (Wildman–Crippen MR) is 129 cm³/mol. The molecule has 170 valence electrons. The summed E-state index contributed by atoms with van der Waals surface area (Å²) in [4.78, 5) is 28.6. The van der Waals surface area contributed by atoms with Crippen LogP contribution in [-0.2, 0) is 21.5 Å². The first-order chi connectivity index (χ1) is 16.5. The third-order valence-electron chi connectivity index (χ3n) is 6.17. The largest absolute Gasteiger partial charge is 0.481 e. The molecule has 1 aliphatic carbocycles. The number of aliphatic carboxylic acids is 1. The van der Waals surface area contributed by atoms with Crippen LogP contribution in [0.25, 0.3) is 17.3 Å². The van der Waals surface area contributed by atoms with E-state index in [1.165, 1.54) is 6.08 Å². The quantitative estimate of drug-likeness (QED) is 0.394. The van der Waals surface area contributed by atoms with Crippen LogP contribution in [0.2, 0.25) is 0 Å². The zero-order chi connectivity index (χ0) is 24.0. The van der Waals surface area contributed by atoms with Crippen molar-refractivity contribution in [3.8, 4) is 17.3 Å². The zero-order valence-electron chi connectivity index (χ0n) is 18.7. The number of benzene rings is 2. The van der Waals surface area contributed by atoms with E-state index < -0.39 is 17.4 Å². The molecule has 1 saturated carbocycles. The predicted octanol–water partition coefficient (Wildman–Crippen LogP) is 4.87. The monoisotopic (exact) mass is 451 g/mol. The van der Waals surface area contributed by atoms with Gasteiger partial charge in [0.05, 0.1) is 23.3 Å². The van der Waals surface area contributed by atoms with Crippen LogP contribution in [0.4, 0.5) is 0 Å². The standard InChI is InChI=1S/C28H25N3O3/c29-19-22(27(34)31-28(15-4-5-16-28)23-7-2-1-3-8-23)18-24-9-6-10-25(30-24)21-13-11-20(12-14-21)17-26(32)33/h1-3,6-14,18H,4-5,15-17H2,(H,31,34)(H,32,33)/b22-18+. The van der Waals surface area contributed by atoms with Gasteiger partial charge < -0.3 is 10.4 Å². The number of nitriles is 1. The first-order valence-corrected chi connectivity index (χ1v) is 11.3. The van der Waals surface area contributed by atoms with Crippen molar-refractivity contribution in [3.63, 3.8) is 0 Å². The molecule has 2 N–H and O–H groups in total. The summed E-state index contributed by atoms with van der Waals surface area (Å²) in [7, 11) is 0. The molecule has 0 unspecified atom stereocenters. The van der Waals surface area contributed by atoms with E-state index in [1.54, 1.807) is 18.2 Å². The summed E-state index contributed by atoms with van der Waals surface area (Å²) in [5.41, 5.74) is 3.30. The highest BCUT2D eigenvalue weighted by Crippen LogP contribution is 2.38. The average molecular weight is 452 g/mol. The fraction of sp³-hybridized carbons (Fsp3) is 0.214. The Morgan fingerprint density at radius 1 is 1.00 bits per heavy atom. The van der Waals surface area contributed by atoms with E-state index in [9.17, 15) is 14.9 Å². The number of pyridine rings is 1. The molecule has 4 rings (SSSR count). The van der Waals surface area contributed by atoms with Crippen LogP contribution in [0.15, 0.2) is 78.4 Å². The lowest BCUT2D eigenvalue weighted by Crippen LogP contribution is -2.44. The summed E-state index contributed by atoms with van der Waals surface area (Å²) in [6.07, 6.45) is 5.19. The second-order valence-corrected chi connectivity index (χ2v) is 8.49. The van der Waals surface area contributed by atoms with E-state index in [4.69, 9.17) is 5.11 Å². The van der Waals surface area contributed by atoms with E-state index in [2.05, 4.69) is 10.3 Å². The minimum atomic E-state index is -0.882. The molecule has 1 amide bonds. The molecule has 0 saturated heterocycles. The number of nitrogens with one attached hydrogen (secondary N) is 1. The minimum Gasteiger partial charge on any atom is -0.481 e. The average Bonchev–Trinajstić information content (AvgIpc) is 3.33. The van der Waals surface area contributed by atoms with Gasteiger partial charge in [-0.1, -0.05) is 73.5 Å². The lowest BCUT2D eigenvalue weighted by atomic mass is 9.88. The lowest BCUT2D eigenvalue weighted by molar-refractivity contribution is -0.136. The molecular weight excluding hydrogens is 426 g/mol. The van der Waals surface area contributed by atoms with Gasteiger partial charge in [-0.2, -0.15) is 5.26 Å². The molecule has 0 radical (unpaired) electrons. The van der Waals surface area contributed by atoms with E-state index in [0.717, 1.165) is 36.8 Å². The summed E-state index contributed by atoms with van der Waals surface area (Å²) < 4.78 is 0. The molecule has 0 atom stereocenters. The first kappa shape index (κ1) is 22.9. The normalized spacial score (nSPS) is 14.9. The number of amides is 1. The van der Waals surface area contributed by atoms with Crippen molar-refractivity contribution in [2.24, 2.45) is 0 Å². The Morgan fingerprint density at radius 3 is 2.35 bits per heavy atom. The highest BCUT2D eigenvalue weighted by Gasteiger charge is 2.37. The second-order valence-electron chi connectivity index (χ2n) is 8.49. The minimum absolute atomic E-state index is 0.00339. The number of carbonyl (C=O) groups excluding carboxylic acids is 1. The van der Waals surface area contributed by atoms with Crippen LogP contribution in [0.5, 0.6) is 0 Å². The van der Waals surface area contributed by atoms with Gasteiger partial charge in [0.15, 0.2) is 0 Å². The van der Waals surface area contributed by atoms with Crippen LogP contribution < -0.4 is 5.32 Å². The van der Waals surface area contributed by atoms with E-state index in [0.29, 0.717) is 17.0 Å². The van der Waals surface area contributed by atoms with Crippen LogP contribution >= 0.6 is 0 Å². The van der Waals surface area contributed by atoms with Gasteiger partial charge >= 0.3 is 5.97 Å². The molecule has 1 aliphatic rings. The number of hydrogen-bond donors (Lipinski definition) is 2. The Hall–Kier alpha value is -4.24. The zero-order valence-corrected chi connectivity index (χ0v) is 18.7. The van der Waals surface area contributed by atoms with Gasteiger partial charge in [-0.25, -0.2) is 4.98 Å². The van der Waals surface area contributed by atoms with Crippen molar-refractivity contribution in [1.82, 2.24) is 10.3 Å². The maximum Gasteiger partial charge on any atom is 0.307 e. The third kappa shape index (κ3) is 5.21. The molecule has 0 spiro atoms. The molecule has 6 nitrogen and oxygen atoms in total. The van der Waals surface area contributed by atoms with Gasteiger partial charge in [-0.3, -0.25) is 9.59 Å². The molecule has 1 fully saturated rings. The van der Waals surface area contributed by atoms with Crippen molar-refractivity contribution < 1.29 is 14.7 Å². The molecule has 1 heterocycles. The molecular formula is C28H25N3O3. The number of carboxylic acids is 1.